The summed E-state index contributed by atoms with van der Waals surface area (Å²) < 4.78 is 6.19. The molecule has 0 spiro atoms. The van der Waals surface area contributed by atoms with Crippen LogP contribution in [0.4, 0.5) is 5.69 Å². The van der Waals surface area contributed by atoms with Gasteiger partial charge in [0.1, 0.15) is 11.3 Å². The molecular weight excluding hydrogens is 360 g/mol. The van der Waals surface area contributed by atoms with Gasteiger partial charge in [0.15, 0.2) is 0 Å². The van der Waals surface area contributed by atoms with Crippen molar-refractivity contribution in [3.05, 3.63) is 29.5 Å². The molecule has 1 saturated carbocycles. The molecule has 1 amide bonds. The van der Waals surface area contributed by atoms with E-state index in [2.05, 4.69) is 15.6 Å². The van der Waals surface area contributed by atoms with Crippen molar-refractivity contribution < 1.29 is 19.4 Å². The number of aromatic nitrogens is 1. The van der Waals surface area contributed by atoms with Crippen molar-refractivity contribution in [2.24, 2.45) is 0 Å². The monoisotopic (exact) mass is 386 g/mol. The number of nitrogens with one attached hydrogen (secondary N) is 2. The van der Waals surface area contributed by atoms with Crippen molar-refractivity contribution >= 4 is 28.5 Å². The van der Waals surface area contributed by atoms with E-state index >= 15 is 0 Å². The van der Waals surface area contributed by atoms with Crippen LogP contribution < -0.4 is 21.1 Å². The van der Waals surface area contributed by atoms with Gasteiger partial charge in [-0.25, -0.2) is 4.79 Å². The highest BCUT2D eigenvalue weighted by atomic mass is 16.5. The molecule has 0 atom stereocenters. The average molecular weight is 386 g/mol. The maximum atomic E-state index is 11.7. The van der Waals surface area contributed by atoms with Gasteiger partial charge < -0.3 is 26.2 Å². The number of benzene rings is 1. The molecule has 1 aromatic heterocycles. The molecule has 0 unspecified atom stereocenters. The highest BCUT2D eigenvalue weighted by Crippen LogP contribution is 2.35. The maximum Gasteiger partial charge on any atom is 0.339 e. The number of ether oxygens (including phenoxy) is 1. The molecule has 8 nitrogen and oxygen atoms in total. The molecule has 1 heterocycles. The van der Waals surface area contributed by atoms with E-state index in [0.717, 1.165) is 25.7 Å². The van der Waals surface area contributed by atoms with Crippen molar-refractivity contribution in [2.75, 3.05) is 19.3 Å². The van der Waals surface area contributed by atoms with E-state index in [1.807, 2.05) is 6.07 Å². The summed E-state index contributed by atoms with van der Waals surface area (Å²) in [5.74, 6) is -0.555. The van der Waals surface area contributed by atoms with Crippen LogP contribution in [0.2, 0.25) is 0 Å². The number of carbonyl (C=O) groups excluding carboxylic acids is 1. The summed E-state index contributed by atoms with van der Waals surface area (Å²) in [4.78, 5) is 27.6. The van der Waals surface area contributed by atoms with Gasteiger partial charge in [-0.15, -0.1) is 0 Å². The minimum Gasteiger partial charge on any atom is -0.490 e. The third kappa shape index (κ3) is 4.17. The van der Waals surface area contributed by atoms with Crippen LogP contribution in [0.25, 0.3) is 10.9 Å². The second kappa shape index (κ2) is 8.43. The van der Waals surface area contributed by atoms with Gasteiger partial charge in [-0.2, -0.15) is 0 Å². The van der Waals surface area contributed by atoms with E-state index in [1.165, 1.54) is 0 Å². The van der Waals surface area contributed by atoms with Crippen LogP contribution in [-0.4, -0.2) is 47.7 Å². The Kier molecular flexibility index (Phi) is 5.99. The minimum absolute atomic E-state index is 0.00339. The predicted octanol–water partition coefficient (Wildman–Crippen LogP) is 1.85. The van der Waals surface area contributed by atoms with Crippen LogP contribution in [0.5, 0.6) is 5.75 Å². The third-order valence-corrected chi connectivity index (χ3v) is 5.08. The van der Waals surface area contributed by atoms with Crippen LogP contribution in [0, 0.1) is 6.92 Å². The SMILES string of the molecule is CNCC(=O)NC1CCC(Oc2cccc3nc(C)c(C(=O)O)c(N)c23)CC1. The Morgan fingerprint density at radius 1 is 1.29 bits per heavy atom. The molecule has 150 valence electrons. The van der Waals surface area contributed by atoms with Crippen molar-refractivity contribution in [1.29, 1.82) is 0 Å². The molecule has 5 N–H and O–H groups in total. The Hall–Kier alpha value is -2.87. The first kappa shape index (κ1) is 19.9. The van der Waals surface area contributed by atoms with Gasteiger partial charge in [0.2, 0.25) is 5.91 Å². The van der Waals surface area contributed by atoms with Gasteiger partial charge in [-0.1, -0.05) is 6.07 Å². The van der Waals surface area contributed by atoms with Gasteiger partial charge >= 0.3 is 5.97 Å². The second-order valence-corrected chi connectivity index (χ2v) is 7.13. The average Bonchev–Trinajstić information content (AvgIpc) is 2.63. The van der Waals surface area contributed by atoms with E-state index in [0.29, 0.717) is 28.9 Å². The molecule has 1 aromatic carbocycles. The van der Waals surface area contributed by atoms with Crippen molar-refractivity contribution in [1.82, 2.24) is 15.6 Å². The molecule has 1 fully saturated rings. The Balaban J connectivity index is 1.76. The lowest BCUT2D eigenvalue weighted by Gasteiger charge is -2.30. The van der Waals surface area contributed by atoms with Crippen molar-refractivity contribution in [3.8, 4) is 5.75 Å². The fraction of sp³-hybridized carbons (Fsp3) is 0.450. The number of anilines is 1. The van der Waals surface area contributed by atoms with E-state index < -0.39 is 5.97 Å². The number of hydrogen-bond acceptors (Lipinski definition) is 6. The normalized spacial score (nSPS) is 19.4. The number of nitrogens with zero attached hydrogens (tertiary/aromatic N) is 1. The Bertz CT molecular complexity index is 891. The Morgan fingerprint density at radius 2 is 2.00 bits per heavy atom. The van der Waals surface area contributed by atoms with Crippen molar-refractivity contribution in [2.45, 2.75) is 44.8 Å². The number of carbonyl (C=O) groups is 2. The maximum absolute atomic E-state index is 11.7. The molecule has 28 heavy (non-hydrogen) atoms. The lowest BCUT2D eigenvalue weighted by Crippen LogP contribution is -2.42. The summed E-state index contributed by atoms with van der Waals surface area (Å²) in [5, 5.41) is 15.9. The summed E-state index contributed by atoms with van der Waals surface area (Å²) in [6.07, 6.45) is 3.24. The van der Waals surface area contributed by atoms with E-state index in [4.69, 9.17) is 10.5 Å². The van der Waals surface area contributed by atoms with Gasteiger partial charge in [-0.05, 0) is 51.8 Å². The first-order chi connectivity index (χ1) is 13.4. The number of pyridine rings is 1. The van der Waals surface area contributed by atoms with Crippen LogP contribution in [0.3, 0.4) is 0 Å². The summed E-state index contributed by atoms with van der Waals surface area (Å²) in [5.41, 5.74) is 7.37. The Labute approximate surface area is 163 Å². The first-order valence-corrected chi connectivity index (χ1v) is 9.43. The zero-order valence-corrected chi connectivity index (χ0v) is 16.1. The lowest BCUT2D eigenvalue weighted by atomic mass is 9.92. The van der Waals surface area contributed by atoms with Gasteiger partial charge in [-0.3, -0.25) is 9.78 Å². The molecule has 1 aliphatic carbocycles. The summed E-state index contributed by atoms with van der Waals surface area (Å²) in [7, 11) is 1.74. The van der Waals surface area contributed by atoms with Crippen LogP contribution in [-0.2, 0) is 4.79 Å². The molecule has 0 bridgehead atoms. The Morgan fingerprint density at radius 3 is 2.64 bits per heavy atom. The van der Waals surface area contributed by atoms with Gasteiger partial charge in [0.25, 0.3) is 0 Å². The summed E-state index contributed by atoms with van der Waals surface area (Å²) >= 11 is 0. The quantitative estimate of drug-likeness (QED) is 0.597. The summed E-state index contributed by atoms with van der Waals surface area (Å²) in [6.45, 7) is 1.94. The van der Waals surface area contributed by atoms with Crippen molar-refractivity contribution in [3.63, 3.8) is 0 Å². The van der Waals surface area contributed by atoms with Crippen LogP contribution in [0.15, 0.2) is 18.2 Å². The van der Waals surface area contributed by atoms with Crippen LogP contribution in [0.1, 0.15) is 41.7 Å². The predicted molar refractivity (Wildman–Crippen MR) is 107 cm³/mol. The number of carboxylic acids is 1. The van der Waals surface area contributed by atoms with Gasteiger partial charge in [0, 0.05) is 6.04 Å². The number of nitrogen functional groups attached to an aromatic ring is 1. The number of aromatic carboxylic acids is 1. The molecule has 0 radical (unpaired) electrons. The molecule has 0 aliphatic heterocycles. The fourth-order valence-corrected chi connectivity index (χ4v) is 3.75. The number of fused-ring (bicyclic) bond motifs is 1. The molecule has 2 aromatic rings. The number of amides is 1. The fourth-order valence-electron chi connectivity index (χ4n) is 3.75. The molecule has 3 rings (SSSR count). The lowest BCUT2D eigenvalue weighted by molar-refractivity contribution is -0.121. The second-order valence-electron chi connectivity index (χ2n) is 7.13. The zero-order valence-electron chi connectivity index (χ0n) is 16.1. The topological polar surface area (TPSA) is 127 Å². The van der Waals surface area contributed by atoms with Gasteiger partial charge in [0.05, 0.1) is 34.9 Å². The smallest absolute Gasteiger partial charge is 0.339 e. The highest BCUT2D eigenvalue weighted by Gasteiger charge is 2.25. The highest BCUT2D eigenvalue weighted by molar-refractivity contribution is 6.06. The number of hydrogen-bond donors (Lipinski definition) is 4. The first-order valence-electron chi connectivity index (χ1n) is 9.43. The molecule has 8 heteroatoms. The number of aryl methyl sites for hydroxylation is 1. The standard InChI is InChI=1S/C20H26N4O4/c1-11-17(20(26)27)19(21)18-14(23-11)4-3-5-15(18)28-13-8-6-12(7-9-13)24-16(25)10-22-2/h3-5,12-13,22H,6-10H2,1-2H3,(H2,21,23)(H,24,25)(H,26,27). The van der Waals surface area contributed by atoms with E-state index in [9.17, 15) is 14.7 Å². The third-order valence-electron chi connectivity index (χ3n) is 5.08. The number of likely N-dealkylation sites (N-methyl/N-ethyl adjacent to an activating group) is 1. The molecule has 0 saturated heterocycles. The largest absolute Gasteiger partial charge is 0.490 e. The minimum atomic E-state index is -1.10. The number of nitrogens with two attached hydrogens (primary N) is 1. The molecule has 1 aliphatic rings. The molecular formula is C20H26N4O4. The van der Waals surface area contributed by atoms with E-state index in [-0.39, 0.29) is 29.3 Å². The zero-order chi connectivity index (χ0) is 20.3. The van der Waals surface area contributed by atoms with E-state index in [1.54, 1.807) is 26.1 Å². The number of carboxylic acid groups (broad SMARTS) is 1. The number of rotatable bonds is 6. The summed E-state index contributed by atoms with van der Waals surface area (Å²) in [6, 6.07) is 5.57. The van der Waals surface area contributed by atoms with Crippen LogP contribution >= 0.6 is 0 Å².